The van der Waals surface area contributed by atoms with Crippen LogP contribution in [0.1, 0.15) is 28.6 Å². The molecule has 180 valence electrons. The maximum absolute atomic E-state index is 12.5. The molecule has 0 atom stereocenters. The average molecular weight is 777 g/mol. The Bertz CT molecular complexity index is 1400. The number of hydrazone groups is 1. The van der Waals surface area contributed by atoms with Crippen LogP contribution < -0.4 is 14.9 Å². The fourth-order valence-corrected chi connectivity index (χ4v) is 5.71. The molecule has 0 bridgehead atoms. The minimum absolute atomic E-state index is 0.182. The molecule has 0 spiro atoms. The van der Waals surface area contributed by atoms with E-state index in [1.807, 2.05) is 55.5 Å². The van der Waals surface area contributed by atoms with Crippen molar-refractivity contribution in [2.45, 2.75) is 13.5 Å². The largest absolute Gasteiger partial charge is 0.490 e. The lowest BCUT2D eigenvalue weighted by Crippen LogP contribution is -2.16. The molecule has 1 aromatic heterocycles. The van der Waals surface area contributed by atoms with Crippen LogP contribution in [0.4, 0.5) is 0 Å². The van der Waals surface area contributed by atoms with Gasteiger partial charge in [-0.3, -0.25) is 4.79 Å². The summed E-state index contributed by atoms with van der Waals surface area (Å²) in [6, 6.07) is 17.1. The van der Waals surface area contributed by atoms with Crippen molar-refractivity contribution in [1.82, 2.24) is 5.43 Å². The number of rotatable bonds is 8. The third-order valence-corrected chi connectivity index (χ3v) is 7.14. The van der Waals surface area contributed by atoms with Crippen molar-refractivity contribution in [2.24, 2.45) is 5.10 Å². The minimum atomic E-state index is -0.442. The van der Waals surface area contributed by atoms with E-state index in [2.05, 4.69) is 80.9 Å². The van der Waals surface area contributed by atoms with Gasteiger partial charge in [0, 0.05) is 14.3 Å². The van der Waals surface area contributed by atoms with Crippen LogP contribution in [0.15, 0.2) is 77.5 Å². The van der Waals surface area contributed by atoms with Crippen molar-refractivity contribution in [3.05, 3.63) is 88.5 Å². The highest BCUT2D eigenvalue weighted by molar-refractivity contribution is 14.1. The Morgan fingerprint density at radius 3 is 2.57 bits per heavy atom. The number of nitrogens with one attached hydrogen (secondary N) is 1. The number of benzene rings is 3. The lowest BCUT2D eigenvalue weighted by atomic mass is 10.2. The van der Waals surface area contributed by atoms with E-state index >= 15 is 0 Å². The Hall–Kier alpha value is -1.89. The zero-order valence-electron chi connectivity index (χ0n) is 18.3. The maximum Gasteiger partial charge on any atom is 0.307 e. The van der Waals surface area contributed by atoms with Gasteiger partial charge in [-0.15, -0.1) is 0 Å². The first-order valence-electron chi connectivity index (χ1n) is 10.4. The van der Waals surface area contributed by atoms with Gasteiger partial charge in [-0.1, -0.05) is 44.0 Å². The molecule has 0 saturated carbocycles. The van der Waals surface area contributed by atoms with Crippen LogP contribution in [0.3, 0.4) is 0 Å². The summed E-state index contributed by atoms with van der Waals surface area (Å²) in [5, 5.41) is 4.92. The number of ether oxygens (including phenoxy) is 2. The van der Waals surface area contributed by atoms with Gasteiger partial charge in [0.05, 0.1) is 20.9 Å². The fraction of sp³-hybridized carbons (Fsp3) is 0.120. The van der Waals surface area contributed by atoms with Crippen molar-refractivity contribution in [1.29, 1.82) is 0 Å². The van der Waals surface area contributed by atoms with Crippen molar-refractivity contribution in [3.63, 3.8) is 0 Å². The van der Waals surface area contributed by atoms with Gasteiger partial charge < -0.3 is 13.9 Å². The predicted molar refractivity (Wildman–Crippen MR) is 155 cm³/mol. The highest BCUT2D eigenvalue weighted by atomic mass is 127. The molecule has 1 amide bonds. The van der Waals surface area contributed by atoms with Crippen LogP contribution >= 0.6 is 70.4 Å². The molecule has 0 saturated heterocycles. The van der Waals surface area contributed by atoms with E-state index in [0.29, 0.717) is 34.8 Å². The van der Waals surface area contributed by atoms with Gasteiger partial charge in [-0.2, -0.15) is 5.10 Å². The summed E-state index contributed by atoms with van der Waals surface area (Å²) < 4.78 is 21.1. The number of fused-ring (bicyclic) bond motifs is 1. The molecule has 1 heterocycles. The average Bonchev–Trinajstić information content (AvgIpc) is 3.24. The van der Waals surface area contributed by atoms with Crippen LogP contribution in [-0.2, 0) is 6.61 Å². The van der Waals surface area contributed by atoms with Gasteiger partial charge in [0.2, 0.25) is 0 Å². The molecular formula is C25H18Br3IN2O4. The minimum Gasteiger partial charge on any atom is -0.490 e. The van der Waals surface area contributed by atoms with Gasteiger partial charge in [0.15, 0.2) is 17.3 Å². The van der Waals surface area contributed by atoms with Crippen molar-refractivity contribution in [3.8, 4) is 11.5 Å². The molecule has 35 heavy (non-hydrogen) atoms. The Morgan fingerprint density at radius 2 is 1.83 bits per heavy atom. The third-order valence-electron chi connectivity index (χ3n) is 4.77. The lowest BCUT2D eigenvalue weighted by Gasteiger charge is -2.14. The summed E-state index contributed by atoms with van der Waals surface area (Å²) in [4.78, 5) is 12.5. The Balaban J connectivity index is 1.47. The Labute approximate surface area is 241 Å². The molecule has 0 aliphatic carbocycles. The zero-order chi connectivity index (χ0) is 24.9. The molecule has 0 fully saturated rings. The van der Waals surface area contributed by atoms with Gasteiger partial charge in [-0.05, 0) is 99.0 Å². The van der Waals surface area contributed by atoms with Crippen molar-refractivity contribution >= 4 is 93.5 Å². The van der Waals surface area contributed by atoms with E-state index in [9.17, 15) is 4.79 Å². The van der Waals surface area contributed by atoms with Gasteiger partial charge in [0.1, 0.15) is 12.2 Å². The predicted octanol–water partition coefficient (Wildman–Crippen LogP) is 8.07. The number of hydrogen-bond donors (Lipinski definition) is 1. The summed E-state index contributed by atoms with van der Waals surface area (Å²) >= 11 is 12.6. The molecule has 0 unspecified atom stereocenters. The topological polar surface area (TPSA) is 73.1 Å². The summed E-state index contributed by atoms with van der Waals surface area (Å²) in [6.07, 6.45) is 1.53. The SMILES string of the molecule is CCOc1cc(/C=N\NC(=O)c2cc3cc(Br)cc(I)c3o2)cc(Br)c1OCc1ccc(Br)cc1. The smallest absolute Gasteiger partial charge is 0.307 e. The van der Waals surface area contributed by atoms with Crippen LogP contribution in [0.2, 0.25) is 0 Å². The normalized spacial score (nSPS) is 11.2. The maximum atomic E-state index is 12.5. The first kappa shape index (κ1) is 26.2. The van der Waals surface area contributed by atoms with Gasteiger partial charge in [0.25, 0.3) is 0 Å². The number of furan rings is 1. The summed E-state index contributed by atoms with van der Waals surface area (Å²) in [5.74, 6) is 0.909. The fourth-order valence-electron chi connectivity index (χ4n) is 3.21. The molecular weight excluding hydrogens is 759 g/mol. The highest BCUT2D eigenvalue weighted by Crippen LogP contribution is 2.37. The summed E-state index contributed by atoms with van der Waals surface area (Å²) in [5.41, 5.74) is 4.92. The van der Waals surface area contributed by atoms with E-state index in [4.69, 9.17) is 13.9 Å². The van der Waals surface area contributed by atoms with E-state index in [-0.39, 0.29) is 5.76 Å². The second-order valence-electron chi connectivity index (χ2n) is 7.29. The Kier molecular flexibility index (Phi) is 8.90. The molecule has 4 rings (SSSR count). The number of nitrogens with zero attached hydrogens (tertiary/aromatic N) is 1. The molecule has 4 aromatic rings. The van der Waals surface area contributed by atoms with Gasteiger partial charge >= 0.3 is 5.91 Å². The van der Waals surface area contributed by atoms with Crippen molar-refractivity contribution < 1.29 is 18.7 Å². The lowest BCUT2D eigenvalue weighted by molar-refractivity contribution is 0.0929. The summed E-state index contributed by atoms with van der Waals surface area (Å²) in [7, 11) is 0. The molecule has 10 heteroatoms. The number of carbonyl (C=O) groups excluding carboxylic acids is 1. The van der Waals surface area contributed by atoms with E-state index < -0.39 is 5.91 Å². The first-order valence-corrected chi connectivity index (χ1v) is 13.9. The van der Waals surface area contributed by atoms with E-state index in [1.54, 1.807) is 6.07 Å². The summed E-state index contributed by atoms with van der Waals surface area (Å²) in [6.45, 7) is 2.77. The second-order valence-corrected chi connectivity index (χ2v) is 11.1. The molecule has 6 nitrogen and oxygen atoms in total. The molecule has 0 aliphatic rings. The third kappa shape index (κ3) is 6.66. The molecule has 0 aliphatic heterocycles. The molecule has 3 aromatic carbocycles. The highest BCUT2D eigenvalue weighted by Gasteiger charge is 2.15. The van der Waals surface area contributed by atoms with Crippen LogP contribution in [0.25, 0.3) is 11.0 Å². The van der Waals surface area contributed by atoms with Crippen LogP contribution in [0, 0.1) is 3.57 Å². The van der Waals surface area contributed by atoms with Gasteiger partial charge in [-0.25, -0.2) is 5.43 Å². The molecule has 1 N–H and O–H groups in total. The number of carbonyl (C=O) groups is 1. The first-order chi connectivity index (χ1) is 16.8. The standard InChI is InChI=1S/C25H18Br3IN2O4/c1-2-33-21-8-15(7-19(28)24(21)34-13-14-3-5-17(26)6-4-14)12-30-31-25(32)22-10-16-9-18(27)11-20(29)23(16)35-22/h3-12H,2,13H2,1H3,(H,31,32)/b30-12-. The number of halogens is 4. The zero-order valence-corrected chi connectivity index (χ0v) is 25.2. The van der Waals surface area contributed by atoms with E-state index in [1.165, 1.54) is 6.21 Å². The second kappa shape index (κ2) is 11.9. The van der Waals surface area contributed by atoms with Crippen LogP contribution in [-0.4, -0.2) is 18.7 Å². The Morgan fingerprint density at radius 1 is 1.06 bits per heavy atom. The van der Waals surface area contributed by atoms with Crippen LogP contribution in [0.5, 0.6) is 11.5 Å². The number of amides is 1. The quantitative estimate of drug-likeness (QED) is 0.112. The van der Waals surface area contributed by atoms with E-state index in [0.717, 1.165) is 29.0 Å². The van der Waals surface area contributed by atoms with Crippen molar-refractivity contribution in [2.75, 3.05) is 6.61 Å². The molecule has 0 radical (unpaired) electrons. The number of hydrogen-bond acceptors (Lipinski definition) is 5. The monoisotopic (exact) mass is 774 g/mol.